The van der Waals surface area contributed by atoms with Crippen LogP contribution in [0, 0.1) is 0 Å². The first kappa shape index (κ1) is 14.1. The van der Waals surface area contributed by atoms with Gasteiger partial charge in [-0.2, -0.15) is 0 Å². The molecule has 0 spiro atoms. The fourth-order valence-electron chi connectivity index (χ4n) is 1.53. The molecular formula is C11H22N4O2. The quantitative estimate of drug-likeness (QED) is 0.646. The number of rotatable bonds is 9. The molecule has 0 bridgehead atoms. The Bertz CT molecular complexity index is 303. The Balaban J connectivity index is 2.32. The number of hydrogen-bond donors (Lipinski definition) is 2. The van der Waals surface area contributed by atoms with Gasteiger partial charge in [0.15, 0.2) is 0 Å². The maximum absolute atomic E-state index is 8.71. The molecule has 0 fully saturated rings. The summed E-state index contributed by atoms with van der Waals surface area (Å²) in [4.78, 5) is 0. The summed E-state index contributed by atoms with van der Waals surface area (Å²) in [5.41, 5.74) is 0.914. The highest BCUT2D eigenvalue weighted by molar-refractivity contribution is 4.92. The summed E-state index contributed by atoms with van der Waals surface area (Å²) in [7, 11) is 1.70. The van der Waals surface area contributed by atoms with Crippen molar-refractivity contribution in [3.05, 3.63) is 11.9 Å². The van der Waals surface area contributed by atoms with Crippen LogP contribution in [0.5, 0.6) is 0 Å². The van der Waals surface area contributed by atoms with Crippen LogP contribution in [-0.4, -0.2) is 46.5 Å². The first-order valence-corrected chi connectivity index (χ1v) is 6.02. The third kappa shape index (κ3) is 5.25. The molecule has 0 aliphatic heterocycles. The van der Waals surface area contributed by atoms with Crippen molar-refractivity contribution in [1.29, 1.82) is 0 Å². The molecule has 1 unspecified atom stereocenters. The largest absolute Gasteiger partial charge is 0.396 e. The molecule has 0 amide bonds. The van der Waals surface area contributed by atoms with E-state index in [1.807, 2.05) is 6.20 Å². The smallest absolute Gasteiger partial charge is 0.0964 e. The molecule has 1 heterocycles. The summed E-state index contributed by atoms with van der Waals surface area (Å²) >= 11 is 0. The zero-order valence-electron chi connectivity index (χ0n) is 10.6. The average Bonchev–Trinajstić information content (AvgIpc) is 2.80. The molecule has 98 valence electrons. The van der Waals surface area contributed by atoms with E-state index in [4.69, 9.17) is 9.84 Å². The van der Waals surface area contributed by atoms with Gasteiger partial charge in [-0.1, -0.05) is 12.1 Å². The van der Waals surface area contributed by atoms with E-state index in [0.29, 0.717) is 32.2 Å². The second kappa shape index (κ2) is 8.16. The summed E-state index contributed by atoms with van der Waals surface area (Å²) in [5, 5.41) is 20.1. The first-order chi connectivity index (χ1) is 8.30. The highest BCUT2D eigenvalue weighted by Crippen LogP contribution is 1.97. The summed E-state index contributed by atoms with van der Waals surface area (Å²) in [6, 6.07) is 0.350. The van der Waals surface area contributed by atoms with E-state index in [1.54, 1.807) is 11.8 Å². The molecule has 1 aromatic rings. The van der Waals surface area contributed by atoms with Crippen LogP contribution < -0.4 is 5.32 Å². The average molecular weight is 242 g/mol. The van der Waals surface area contributed by atoms with Crippen molar-refractivity contribution in [1.82, 2.24) is 20.3 Å². The lowest BCUT2D eigenvalue weighted by molar-refractivity contribution is 0.163. The number of hydrogen-bond acceptors (Lipinski definition) is 5. The van der Waals surface area contributed by atoms with Gasteiger partial charge < -0.3 is 15.2 Å². The number of nitrogens with one attached hydrogen (secondary N) is 1. The van der Waals surface area contributed by atoms with Gasteiger partial charge in [0.05, 0.1) is 12.3 Å². The van der Waals surface area contributed by atoms with Crippen LogP contribution in [0.1, 0.15) is 25.5 Å². The van der Waals surface area contributed by atoms with Crippen LogP contribution in [0.25, 0.3) is 0 Å². The summed E-state index contributed by atoms with van der Waals surface area (Å²) < 4.78 is 6.86. The van der Waals surface area contributed by atoms with Crippen molar-refractivity contribution in [2.24, 2.45) is 0 Å². The minimum absolute atomic E-state index is 0.180. The number of aryl methyl sites for hydroxylation is 1. The Morgan fingerprint density at radius 3 is 3.06 bits per heavy atom. The van der Waals surface area contributed by atoms with E-state index >= 15 is 0 Å². The van der Waals surface area contributed by atoms with Gasteiger partial charge in [-0.25, -0.2) is 0 Å². The lowest BCUT2D eigenvalue weighted by atomic mass is 10.2. The molecule has 1 rings (SSSR count). The third-order valence-corrected chi connectivity index (χ3v) is 2.56. The highest BCUT2D eigenvalue weighted by atomic mass is 16.5. The lowest BCUT2D eigenvalue weighted by Gasteiger charge is -2.14. The molecule has 17 heavy (non-hydrogen) atoms. The number of nitrogens with zero attached hydrogens (tertiary/aromatic N) is 3. The Kier molecular flexibility index (Phi) is 6.76. The monoisotopic (exact) mass is 242 g/mol. The van der Waals surface area contributed by atoms with Crippen molar-refractivity contribution in [2.75, 3.05) is 20.3 Å². The van der Waals surface area contributed by atoms with Crippen LogP contribution in [-0.2, 0) is 17.8 Å². The number of ether oxygens (including phenoxy) is 1. The van der Waals surface area contributed by atoms with Crippen LogP contribution in [0.15, 0.2) is 6.20 Å². The van der Waals surface area contributed by atoms with Gasteiger partial charge in [-0.15, -0.1) is 5.10 Å². The second-order valence-corrected chi connectivity index (χ2v) is 3.99. The second-order valence-electron chi connectivity index (χ2n) is 3.99. The van der Waals surface area contributed by atoms with E-state index in [9.17, 15) is 0 Å². The van der Waals surface area contributed by atoms with E-state index in [2.05, 4.69) is 22.6 Å². The molecule has 0 saturated carbocycles. The number of methoxy groups -OCH3 is 1. The predicted molar refractivity (Wildman–Crippen MR) is 64.5 cm³/mol. The summed E-state index contributed by atoms with van der Waals surface area (Å²) in [6.45, 7) is 4.41. The molecule has 0 aliphatic carbocycles. The molecule has 6 nitrogen and oxygen atoms in total. The Hall–Kier alpha value is -0.980. The first-order valence-electron chi connectivity index (χ1n) is 6.02. The minimum atomic E-state index is 0.180. The van der Waals surface area contributed by atoms with Gasteiger partial charge in [-0.3, -0.25) is 4.68 Å². The van der Waals surface area contributed by atoms with Crippen molar-refractivity contribution in [3.8, 4) is 0 Å². The molecule has 0 aromatic carbocycles. The van der Waals surface area contributed by atoms with Crippen LogP contribution in [0.4, 0.5) is 0 Å². The SMILES string of the molecule is CCC(COC)NCc1cn(CCCO)nn1. The van der Waals surface area contributed by atoms with Gasteiger partial charge >= 0.3 is 0 Å². The van der Waals surface area contributed by atoms with E-state index in [-0.39, 0.29) is 6.61 Å². The number of aromatic nitrogens is 3. The zero-order valence-corrected chi connectivity index (χ0v) is 10.6. The van der Waals surface area contributed by atoms with Gasteiger partial charge in [0.1, 0.15) is 0 Å². The van der Waals surface area contributed by atoms with Crippen LogP contribution in [0.3, 0.4) is 0 Å². The topological polar surface area (TPSA) is 72.2 Å². The Morgan fingerprint density at radius 2 is 2.41 bits per heavy atom. The molecule has 0 radical (unpaired) electrons. The number of aliphatic hydroxyl groups is 1. The van der Waals surface area contributed by atoms with Gasteiger partial charge in [0.2, 0.25) is 0 Å². The van der Waals surface area contributed by atoms with Gasteiger partial charge in [-0.05, 0) is 12.8 Å². The summed E-state index contributed by atoms with van der Waals surface area (Å²) in [6.07, 6.45) is 3.63. The zero-order chi connectivity index (χ0) is 12.5. The molecule has 0 saturated heterocycles. The van der Waals surface area contributed by atoms with E-state index < -0.39 is 0 Å². The van der Waals surface area contributed by atoms with E-state index in [1.165, 1.54) is 0 Å². The van der Waals surface area contributed by atoms with E-state index in [0.717, 1.165) is 12.1 Å². The summed E-state index contributed by atoms with van der Waals surface area (Å²) in [5.74, 6) is 0. The van der Waals surface area contributed by atoms with Gasteiger partial charge in [0, 0.05) is 39.0 Å². The molecule has 2 N–H and O–H groups in total. The maximum atomic E-state index is 8.71. The molecule has 6 heteroatoms. The predicted octanol–water partition coefficient (Wildman–Crippen LogP) is 0.175. The van der Waals surface area contributed by atoms with Crippen LogP contribution in [0.2, 0.25) is 0 Å². The molecule has 1 aromatic heterocycles. The molecule has 1 atom stereocenters. The minimum Gasteiger partial charge on any atom is -0.396 e. The molecular weight excluding hydrogens is 220 g/mol. The van der Waals surface area contributed by atoms with Crippen molar-refractivity contribution >= 4 is 0 Å². The van der Waals surface area contributed by atoms with Crippen molar-refractivity contribution < 1.29 is 9.84 Å². The maximum Gasteiger partial charge on any atom is 0.0964 e. The van der Waals surface area contributed by atoms with Crippen molar-refractivity contribution in [2.45, 2.75) is 38.9 Å². The Morgan fingerprint density at radius 1 is 1.59 bits per heavy atom. The van der Waals surface area contributed by atoms with Gasteiger partial charge in [0.25, 0.3) is 0 Å². The standard InChI is InChI=1S/C11H22N4O2/c1-3-10(9-17-2)12-7-11-8-15(14-13-11)5-4-6-16/h8,10,12,16H,3-7,9H2,1-2H3. The highest BCUT2D eigenvalue weighted by Gasteiger charge is 2.06. The number of aliphatic hydroxyl groups excluding tert-OH is 1. The fraction of sp³-hybridized carbons (Fsp3) is 0.818. The third-order valence-electron chi connectivity index (χ3n) is 2.56. The molecule has 0 aliphatic rings. The Labute approximate surface area is 102 Å². The normalized spacial score (nSPS) is 12.9. The fourth-order valence-corrected chi connectivity index (χ4v) is 1.53. The lowest BCUT2D eigenvalue weighted by Crippen LogP contribution is -2.32. The van der Waals surface area contributed by atoms with Crippen molar-refractivity contribution in [3.63, 3.8) is 0 Å². The van der Waals surface area contributed by atoms with Crippen LogP contribution >= 0.6 is 0 Å².